The summed E-state index contributed by atoms with van der Waals surface area (Å²) in [5.41, 5.74) is 5.72. The van der Waals surface area contributed by atoms with Crippen LogP contribution in [0.2, 0.25) is 0 Å². The molecule has 0 N–H and O–H groups in total. The molecule has 0 spiro atoms. The highest BCUT2D eigenvalue weighted by Crippen LogP contribution is 2.39. The van der Waals surface area contributed by atoms with Crippen LogP contribution in [0.25, 0.3) is 34.1 Å². The quantitative estimate of drug-likeness (QED) is 0.427. The van der Waals surface area contributed by atoms with Gasteiger partial charge in [0.25, 0.3) is 0 Å². The second-order valence-electron chi connectivity index (χ2n) is 5.73. The number of hydrogen-bond donors (Lipinski definition) is 0. The molecule has 0 radical (unpaired) electrons. The summed E-state index contributed by atoms with van der Waals surface area (Å²) in [7, 11) is 0. The van der Waals surface area contributed by atoms with Crippen LogP contribution in [0.3, 0.4) is 0 Å². The monoisotopic (exact) mass is 265 g/mol. The van der Waals surface area contributed by atoms with Crippen LogP contribution in [0.4, 0.5) is 0 Å². The van der Waals surface area contributed by atoms with Gasteiger partial charge in [-0.2, -0.15) is 0 Å². The Kier molecular flexibility index (Phi) is 2.05. The summed E-state index contributed by atoms with van der Waals surface area (Å²) in [4.78, 5) is 0. The van der Waals surface area contributed by atoms with E-state index in [1.54, 1.807) is 0 Å². The Hall–Kier alpha value is -2.69. The molecule has 0 heteroatoms. The molecule has 0 nitrogen and oxygen atoms in total. The van der Waals surface area contributed by atoms with E-state index in [-0.39, 0.29) is 0 Å². The van der Waals surface area contributed by atoms with E-state index < -0.39 is 0 Å². The molecule has 0 aromatic heterocycles. The van der Waals surface area contributed by atoms with Crippen LogP contribution in [0.5, 0.6) is 0 Å². The second kappa shape index (κ2) is 3.91. The van der Waals surface area contributed by atoms with E-state index in [1.807, 2.05) is 6.08 Å². The first kappa shape index (κ1) is 11.0. The molecule has 3 aromatic rings. The molecule has 0 amide bonds. The predicted octanol–water partition coefficient (Wildman–Crippen LogP) is 3.42. The fraction of sp³-hybridized carbons (Fsp3) is 0.0476. The van der Waals surface area contributed by atoms with Gasteiger partial charge in [-0.3, -0.25) is 0 Å². The lowest BCUT2D eigenvalue weighted by Crippen LogP contribution is -2.27. The molecule has 21 heavy (non-hydrogen) atoms. The first-order valence-electron chi connectivity index (χ1n) is 7.35. The first-order chi connectivity index (χ1) is 10.4. The van der Waals surface area contributed by atoms with Crippen molar-refractivity contribution in [3.63, 3.8) is 0 Å². The summed E-state index contributed by atoms with van der Waals surface area (Å²) in [6.45, 7) is 0. The van der Waals surface area contributed by atoms with E-state index in [2.05, 4.69) is 66.8 Å². The smallest absolute Gasteiger partial charge is 0.0616 e. The number of rotatable bonds is 0. The highest BCUT2D eigenvalue weighted by molar-refractivity contribution is 6.01. The zero-order valence-electron chi connectivity index (χ0n) is 11.6. The average molecular weight is 265 g/mol. The third-order valence-electron chi connectivity index (χ3n) is 4.58. The number of hydrogen-bond acceptors (Lipinski definition) is 0. The van der Waals surface area contributed by atoms with Crippen LogP contribution in [-0.2, 0) is 6.42 Å². The Morgan fingerprint density at radius 3 is 2.67 bits per heavy atom. The van der Waals surface area contributed by atoms with Gasteiger partial charge in [0.15, 0.2) is 5.22 Å². The Morgan fingerprint density at radius 2 is 1.67 bits per heavy atom. The predicted molar refractivity (Wildman–Crippen MR) is 88.5 cm³/mol. The van der Waals surface area contributed by atoms with Crippen molar-refractivity contribution >= 4 is 22.9 Å². The number of benzene rings is 3. The van der Waals surface area contributed by atoms with Crippen molar-refractivity contribution in [1.82, 2.24) is 0 Å². The normalized spacial score (nSPS) is 13.7. The summed E-state index contributed by atoms with van der Waals surface area (Å²) in [5.74, 6) is 0. The maximum absolute atomic E-state index is 3.36. The van der Waals surface area contributed by atoms with Gasteiger partial charge in [0.1, 0.15) is 0 Å². The average Bonchev–Trinajstić information content (AvgIpc) is 2.94. The highest BCUT2D eigenvalue weighted by Gasteiger charge is 2.24. The van der Waals surface area contributed by atoms with Crippen molar-refractivity contribution in [2.45, 2.75) is 6.42 Å². The molecule has 0 aliphatic heterocycles. The summed E-state index contributed by atoms with van der Waals surface area (Å²) in [6.07, 6.45) is 10.7. The van der Waals surface area contributed by atoms with E-state index in [1.165, 1.54) is 43.5 Å². The molecule has 0 bridgehead atoms. The Labute approximate surface area is 123 Å². The molecule has 0 saturated carbocycles. The van der Waals surface area contributed by atoms with E-state index in [4.69, 9.17) is 0 Å². The largest absolute Gasteiger partial charge is 0.155 e. The summed E-state index contributed by atoms with van der Waals surface area (Å²) < 4.78 is 0. The molecule has 0 atom stereocenters. The zero-order chi connectivity index (χ0) is 13.8. The molecule has 2 aliphatic rings. The van der Waals surface area contributed by atoms with Crippen LogP contribution >= 0.6 is 0 Å². The van der Waals surface area contributed by atoms with Crippen molar-refractivity contribution in [2.24, 2.45) is 0 Å². The Bertz CT molecular complexity index is 1050. The fourth-order valence-corrected chi connectivity index (χ4v) is 3.65. The topological polar surface area (TPSA) is 0 Å². The van der Waals surface area contributed by atoms with E-state index in [0.717, 1.165) is 6.42 Å². The number of allylic oxidation sites excluding steroid dienone is 2. The summed E-state index contributed by atoms with van der Waals surface area (Å²) >= 11 is 0. The van der Waals surface area contributed by atoms with Crippen molar-refractivity contribution in [2.75, 3.05) is 0 Å². The van der Waals surface area contributed by atoms with Crippen LogP contribution < -0.4 is 10.4 Å². The first-order valence-corrected chi connectivity index (χ1v) is 7.35. The molecule has 0 unspecified atom stereocenters. The molecule has 3 aromatic carbocycles. The molecular formula is C21H13+. The van der Waals surface area contributed by atoms with Crippen LogP contribution in [0.1, 0.15) is 11.1 Å². The van der Waals surface area contributed by atoms with Gasteiger partial charge in [-0.05, 0) is 28.0 Å². The third-order valence-corrected chi connectivity index (χ3v) is 4.58. The van der Waals surface area contributed by atoms with Gasteiger partial charge in [-0.15, -0.1) is 0 Å². The molecule has 0 saturated heterocycles. The zero-order valence-corrected chi connectivity index (χ0v) is 11.6. The lowest BCUT2D eigenvalue weighted by atomic mass is 9.95. The minimum Gasteiger partial charge on any atom is -0.0616 e. The minimum absolute atomic E-state index is 1.04. The molecule has 0 heterocycles. The van der Waals surface area contributed by atoms with Crippen molar-refractivity contribution in [3.05, 3.63) is 82.2 Å². The standard InChI is InChI=1S/C21H13/c1-3-7-18-14(5-1)9-11-16-13-17-12-10-15-6-2-4-8-19(15)21(17)20(16)18/h1-5,7-12H,13H2/q+1. The van der Waals surface area contributed by atoms with Crippen LogP contribution in [-0.4, -0.2) is 0 Å². The van der Waals surface area contributed by atoms with Gasteiger partial charge in [0, 0.05) is 41.8 Å². The Balaban J connectivity index is 2.01. The lowest BCUT2D eigenvalue weighted by molar-refractivity contribution is 1.26. The van der Waals surface area contributed by atoms with Gasteiger partial charge in [0.2, 0.25) is 0 Å². The fourth-order valence-electron chi connectivity index (χ4n) is 3.65. The van der Waals surface area contributed by atoms with Gasteiger partial charge in [-0.25, -0.2) is 0 Å². The van der Waals surface area contributed by atoms with Crippen molar-refractivity contribution in [1.29, 1.82) is 0 Å². The van der Waals surface area contributed by atoms with Crippen LogP contribution in [0.15, 0.2) is 60.7 Å². The van der Waals surface area contributed by atoms with Crippen molar-refractivity contribution in [3.8, 4) is 11.1 Å². The van der Waals surface area contributed by atoms with Gasteiger partial charge >= 0.3 is 0 Å². The molecule has 5 rings (SSSR count). The third kappa shape index (κ3) is 1.43. The summed E-state index contributed by atoms with van der Waals surface area (Å²) in [5, 5.41) is 5.22. The SMILES string of the molecule is [C+]1=c2ccc3c(c2=CC=C1)-c1c(ccc2ccccc12)C3. The number of fused-ring (bicyclic) bond motifs is 7. The highest BCUT2D eigenvalue weighted by atomic mass is 14.2. The molecule has 0 fully saturated rings. The van der Waals surface area contributed by atoms with Gasteiger partial charge in [-0.1, -0.05) is 36.4 Å². The minimum atomic E-state index is 1.04. The summed E-state index contributed by atoms with van der Waals surface area (Å²) in [6, 6.07) is 17.7. The second-order valence-corrected chi connectivity index (χ2v) is 5.73. The van der Waals surface area contributed by atoms with Gasteiger partial charge in [0.05, 0.1) is 11.3 Å². The van der Waals surface area contributed by atoms with Gasteiger partial charge < -0.3 is 0 Å². The maximum Gasteiger partial charge on any atom is 0.155 e. The van der Waals surface area contributed by atoms with E-state index >= 15 is 0 Å². The molecule has 96 valence electrons. The molecular weight excluding hydrogens is 252 g/mol. The van der Waals surface area contributed by atoms with Crippen molar-refractivity contribution < 1.29 is 0 Å². The van der Waals surface area contributed by atoms with Crippen LogP contribution in [0, 0.1) is 0 Å². The molecule has 2 aliphatic carbocycles. The lowest BCUT2D eigenvalue weighted by Gasteiger charge is -2.06. The van der Waals surface area contributed by atoms with E-state index in [9.17, 15) is 0 Å². The Morgan fingerprint density at radius 1 is 0.810 bits per heavy atom. The maximum atomic E-state index is 3.36. The van der Waals surface area contributed by atoms with E-state index in [0.29, 0.717) is 0 Å².